The second-order valence-electron chi connectivity index (χ2n) is 5.33. The number of carbonyl (C=O) groups is 1. The highest BCUT2D eigenvalue weighted by molar-refractivity contribution is 5.93. The van der Waals surface area contributed by atoms with Crippen LogP contribution in [0, 0.1) is 23.0 Å². The molecular weight excluding hydrogens is 330 g/mol. The predicted octanol–water partition coefficient (Wildman–Crippen LogP) is 2.90. The van der Waals surface area contributed by atoms with Crippen molar-refractivity contribution in [3.8, 4) is 6.07 Å². The first kappa shape index (κ1) is 16.3. The zero-order valence-electron chi connectivity index (χ0n) is 12.7. The SMILES string of the molecule is N#Cc1ccccc1Cn1cc(C(=O)O)c(=O)c2c(F)ccc(F)c21. The fourth-order valence-electron chi connectivity index (χ4n) is 2.68. The number of nitriles is 1. The average Bonchev–Trinajstić information content (AvgIpc) is 2.59. The van der Waals surface area contributed by atoms with Crippen molar-refractivity contribution in [2.24, 2.45) is 0 Å². The zero-order valence-corrected chi connectivity index (χ0v) is 12.7. The first-order chi connectivity index (χ1) is 11.9. The molecule has 0 atom stereocenters. The smallest absolute Gasteiger partial charge is 0.341 e. The van der Waals surface area contributed by atoms with Gasteiger partial charge in [0.05, 0.1) is 22.5 Å². The molecule has 0 aliphatic rings. The van der Waals surface area contributed by atoms with E-state index in [-0.39, 0.29) is 12.1 Å². The molecule has 0 saturated carbocycles. The summed E-state index contributed by atoms with van der Waals surface area (Å²) in [7, 11) is 0. The lowest BCUT2D eigenvalue weighted by Crippen LogP contribution is -2.21. The van der Waals surface area contributed by atoms with Crippen molar-refractivity contribution in [2.45, 2.75) is 6.54 Å². The van der Waals surface area contributed by atoms with Gasteiger partial charge in [0.25, 0.3) is 0 Å². The van der Waals surface area contributed by atoms with Gasteiger partial charge in [0.15, 0.2) is 0 Å². The van der Waals surface area contributed by atoms with E-state index in [1.54, 1.807) is 24.3 Å². The first-order valence-corrected chi connectivity index (χ1v) is 7.16. The molecule has 0 bridgehead atoms. The number of rotatable bonds is 3. The van der Waals surface area contributed by atoms with Crippen LogP contribution in [0.25, 0.3) is 10.9 Å². The van der Waals surface area contributed by atoms with Gasteiger partial charge in [0.1, 0.15) is 17.2 Å². The fourth-order valence-corrected chi connectivity index (χ4v) is 2.68. The second kappa shape index (κ2) is 6.17. The van der Waals surface area contributed by atoms with E-state index in [0.717, 1.165) is 22.9 Å². The van der Waals surface area contributed by atoms with Gasteiger partial charge in [0.2, 0.25) is 5.43 Å². The third kappa shape index (κ3) is 2.74. The van der Waals surface area contributed by atoms with E-state index in [9.17, 15) is 23.5 Å². The monoisotopic (exact) mass is 340 g/mol. The quantitative estimate of drug-likeness (QED) is 0.795. The molecule has 3 aromatic rings. The van der Waals surface area contributed by atoms with Gasteiger partial charge in [-0.15, -0.1) is 0 Å². The molecule has 0 amide bonds. The number of hydrogen-bond acceptors (Lipinski definition) is 3. The zero-order chi connectivity index (χ0) is 18.1. The summed E-state index contributed by atoms with van der Waals surface area (Å²) >= 11 is 0. The van der Waals surface area contributed by atoms with Gasteiger partial charge in [-0.2, -0.15) is 5.26 Å². The van der Waals surface area contributed by atoms with Gasteiger partial charge >= 0.3 is 5.97 Å². The van der Waals surface area contributed by atoms with Crippen LogP contribution < -0.4 is 5.43 Å². The van der Waals surface area contributed by atoms with Crippen LogP contribution >= 0.6 is 0 Å². The van der Waals surface area contributed by atoms with E-state index in [4.69, 9.17) is 5.26 Å². The summed E-state index contributed by atoms with van der Waals surface area (Å²) in [5.41, 5.74) is -1.32. The molecule has 1 N–H and O–H groups in total. The summed E-state index contributed by atoms with van der Waals surface area (Å²) in [5, 5.41) is 17.7. The minimum Gasteiger partial charge on any atom is -0.477 e. The maximum Gasteiger partial charge on any atom is 0.341 e. The standard InChI is InChI=1S/C18H10F2N2O3/c19-13-5-6-14(20)16-15(13)17(23)12(18(24)25)9-22(16)8-11-4-2-1-3-10(11)7-21/h1-6,9H,8H2,(H,24,25). The number of pyridine rings is 1. The highest BCUT2D eigenvalue weighted by atomic mass is 19.1. The molecule has 0 aliphatic heterocycles. The molecule has 1 aromatic heterocycles. The van der Waals surface area contributed by atoms with Crippen LogP contribution in [0.3, 0.4) is 0 Å². The van der Waals surface area contributed by atoms with Crippen molar-refractivity contribution >= 4 is 16.9 Å². The number of fused-ring (bicyclic) bond motifs is 1. The third-order valence-electron chi connectivity index (χ3n) is 3.83. The van der Waals surface area contributed by atoms with Crippen LogP contribution in [0.4, 0.5) is 8.78 Å². The Kier molecular flexibility index (Phi) is 4.03. The normalized spacial score (nSPS) is 10.6. The fraction of sp³-hybridized carbons (Fsp3) is 0.0556. The molecule has 1 heterocycles. The van der Waals surface area contributed by atoms with Crippen LogP contribution in [-0.4, -0.2) is 15.6 Å². The Balaban J connectivity index is 2.37. The molecule has 124 valence electrons. The maximum absolute atomic E-state index is 14.3. The number of benzene rings is 2. The van der Waals surface area contributed by atoms with E-state index in [2.05, 4.69) is 0 Å². The molecule has 0 spiro atoms. The van der Waals surface area contributed by atoms with E-state index < -0.39 is 34.0 Å². The van der Waals surface area contributed by atoms with E-state index in [0.29, 0.717) is 11.1 Å². The van der Waals surface area contributed by atoms with E-state index in [1.807, 2.05) is 6.07 Å². The molecule has 3 rings (SSSR count). The van der Waals surface area contributed by atoms with Crippen molar-refractivity contribution in [1.29, 1.82) is 5.26 Å². The minimum absolute atomic E-state index is 0.0961. The Morgan fingerprint density at radius 2 is 1.84 bits per heavy atom. The molecule has 0 fully saturated rings. The van der Waals surface area contributed by atoms with Crippen molar-refractivity contribution in [1.82, 2.24) is 4.57 Å². The second-order valence-corrected chi connectivity index (χ2v) is 5.33. The van der Waals surface area contributed by atoms with Gasteiger partial charge in [-0.1, -0.05) is 18.2 Å². The van der Waals surface area contributed by atoms with Crippen LogP contribution in [0.2, 0.25) is 0 Å². The van der Waals surface area contributed by atoms with Crippen molar-refractivity contribution < 1.29 is 18.7 Å². The molecule has 0 aliphatic carbocycles. The number of nitrogens with zero attached hydrogens (tertiary/aromatic N) is 2. The summed E-state index contributed by atoms with van der Waals surface area (Å²) in [6.45, 7) is -0.0961. The summed E-state index contributed by atoms with van der Waals surface area (Å²) in [6, 6.07) is 10.1. The van der Waals surface area contributed by atoms with Gasteiger partial charge in [-0.05, 0) is 23.8 Å². The van der Waals surface area contributed by atoms with Gasteiger partial charge in [-0.3, -0.25) is 4.79 Å². The van der Waals surface area contributed by atoms with Crippen LogP contribution in [0.5, 0.6) is 0 Å². The molecule has 25 heavy (non-hydrogen) atoms. The van der Waals surface area contributed by atoms with Crippen molar-refractivity contribution in [3.05, 3.63) is 81.1 Å². The molecular formula is C18H10F2N2O3. The Bertz CT molecular complexity index is 1110. The summed E-state index contributed by atoms with van der Waals surface area (Å²) in [6.07, 6.45) is 0.962. The Morgan fingerprint density at radius 3 is 2.52 bits per heavy atom. The number of halogens is 2. The predicted molar refractivity (Wildman–Crippen MR) is 85.3 cm³/mol. The van der Waals surface area contributed by atoms with Crippen molar-refractivity contribution in [2.75, 3.05) is 0 Å². The number of carboxylic acids is 1. The molecule has 0 radical (unpaired) electrons. The molecule has 0 unspecified atom stereocenters. The highest BCUT2D eigenvalue weighted by Gasteiger charge is 2.20. The Hall–Kier alpha value is -3.53. The summed E-state index contributed by atoms with van der Waals surface area (Å²) in [5.74, 6) is -3.41. The topological polar surface area (TPSA) is 83.1 Å². The summed E-state index contributed by atoms with van der Waals surface area (Å²) in [4.78, 5) is 23.5. The average molecular weight is 340 g/mol. The third-order valence-corrected chi connectivity index (χ3v) is 3.83. The molecule has 2 aromatic carbocycles. The van der Waals surface area contributed by atoms with E-state index in [1.165, 1.54) is 0 Å². The van der Waals surface area contributed by atoms with Crippen molar-refractivity contribution in [3.63, 3.8) is 0 Å². The number of aromatic nitrogens is 1. The largest absolute Gasteiger partial charge is 0.477 e. The van der Waals surface area contributed by atoms with Gasteiger partial charge in [-0.25, -0.2) is 13.6 Å². The lowest BCUT2D eigenvalue weighted by Gasteiger charge is -2.14. The highest BCUT2D eigenvalue weighted by Crippen LogP contribution is 2.21. The van der Waals surface area contributed by atoms with Crippen LogP contribution in [0.1, 0.15) is 21.5 Å². The van der Waals surface area contributed by atoms with Crippen LogP contribution in [-0.2, 0) is 6.54 Å². The van der Waals surface area contributed by atoms with Gasteiger partial charge < -0.3 is 9.67 Å². The number of aromatic carboxylic acids is 1. The number of carboxylic acid groups (broad SMARTS) is 1. The first-order valence-electron chi connectivity index (χ1n) is 7.16. The Morgan fingerprint density at radius 1 is 1.16 bits per heavy atom. The molecule has 7 heteroatoms. The molecule has 5 nitrogen and oxygen atoms in total. The van der Waals surface area contributed by atoms with E-state index >= 15 is 0 Å². The number of hydrogen-bond donors (Lipinski definition) is 1. The molecule has 0 saturated heterocycles. The minimum atomic E-state index is -1.54. The lowest BCUT2D eigenvalue weighted by atomic mass is 10.1. The van der Waals surface area contributed by atoms with Crippen LogP contribution in [0.15, 0.2) is 47.4 Å². The Labute approximate surface area is 140 Å². The summed E-state index contributed by atoms with van der Waals surface area (Å²) < 4.78 is 29.5. The van der Waals surface area contributed by atoms with Gasteiger partial charge in [0, 0.05) is 12.7 Å². The maximum atomic E-state index is 14.3. The lowest BCUT2D eigenvalue weighted by molar-refractivity contribution is 0.0695.